The molecule has 29 heavy (non-hydrogen) atoms. The zero-order valence-electron chi connectivity index (χ0n) is 16.6. The van der Waals surface area contributed by atoms with E-state index in [-0.39, 0.29) is 5.92 Å². The molecular weight excluding hydrogens is 360 g/mol. The van der Waals surface area contributed by atoms with Gasteiger partial charge in [0, 0.05) is 67.2 Å². The minimum absolute atomic E-state index is 0.0430. The predicted octanol–water partition coefficient (Wildman–Crippen LogP) is 5.03. The number of fused-ring (bicyclic) bond motifs is 1. The van der Waals surface area contributed by atoms with Crippen LogP contribution >= 0.6 is 0 Å². The molecule has 0 aliphatic carbocycles. The fraction of sp³-hybridized carbons (Fsp3) is 0.167. The maximum Gasteiger partial charge on any atom is 0.0878 e. The normalized spacial score (nSPS) is 12.8. The predicted molar refractivity (Wildman–Crippen MR) is 118 cm³/mol. The van der Waals surface area contributed by atoms with E-state index in [1.54, 1.807) is 12.4 Å². The molecule has 4 aromatic rings. The van der Waals surface area contributed by atoms with Crippen LogP contribution in [-0.4, -0.2) is 35.0 Å². The van der Waals surface area contributed by atoms with Crippen molar-refractivity contribution >= 4 is 22.3 Å². The van der Waals surface area contributed by atoms with Gasteiger partial charge in [0.15, 0.2) is 0 Å². The highest BCUT2D eigenvalue weighted by Gasteiger charge is 2.21. The van der Waals surface area contributed by atoms with E-state index >= 15 is 0 Å². The highest BCUT2D eigenvalue weighted by Crippen LogP contribution is 2.35. The molecule has 4 rings (SSSR count). The summed E-state index contributed by atoms with van der Waals surface area (Å²) >= 11 is 0. The Balaban J connectivity index is 1.78. The summed E-state index contributed by atoms with van der Waals surface area (Å²) in [5, 5.41) is 14.6. The molecule has 0 bridgehead atoms. The molecule has 5 nitrogen and oxygen atoms in total. The average Bonchev–Trinajstić information content (AvgIpc) is 3.19. The molecule has 0 saturated heterocycles. The number of para-hydroxylation sites is 1. The first-order valence-corrected chi connectivity index (χ1v) is 9.62. The lowest BCUT2D eigenvalue weighted by atomic mass is 9.85. The molecule has 1 atom stereocenters. The van der Waals surface area contributed by atoms with Crippen LogP contribution in [0.2, 0.25) is 0 Å². The number of nitrogens with one attached hydrogen (secondary N) is 1. The van der Waals surface area contributed by atoms with Gasteiger partial charge < -0.3 is 15.1 Å². The van der Waals surface area contributed by atoms with Crippen LogP contribution < -0.4 is 4.90 Å². The Morgan fingerprint density at radius 2 is 1.76 bits per heavy atom. The standard InChI is InChI=1S/C24H24N4O/c1-28(2)19-9-7-17(8-10-19)21(15-24(27-29)18-11-13-25-14-12-18)22-16-26-23-6-4-3-5-20(22)23/h3-14,16,21,26,29H,15H2,1-2H3/b27-24-. The molecule has 0 fully saturated rings. The molecule has 0 aliphatic rings. The number of benzene rings is 2. The van der Waals surface area contributed by atoms with E-state index in [1.165, 1.54) is 16.5 Å². The van der Waals surface area contributed by atoms with E-state index in [1.807, 2.05) is 32.3 Å². The zero-order valence-corrected chi connectivity index (χ0v) is 16.6. The fourth-order valence-corrected chi connectivity index (χ4v) is 3.75. The lowest BCUT2D eigenvalue weighted by molar-refractivity contribution is 0.317. The second-order valence-electron chi connectivity index (χ2n) is 7.31. The molecule has 2 heterocycles. The van der Waals surface area contributed by atoms with E-state index in [2.05, 4.69) is 68.7 Å². The molecule has 5 heteroatoms. The summed E-state index contributed by atoms with van der Waals surface area (Å²) in [5.74, 6) is 0.0430. The number of aromatic amines is 1. The minimum atomic E-state index is 0.0430. The largest absolute Gasteiger partial charge is 0.411 e. The van der Waals surface area contributed by atoms with Crippen LogP contribution in [0.3, 0.4) is 0 Å². The number of hydrogen-bond acceptors (Lipinski definition) is 4. The number of oxime groups is 1. The van der Waals surface area contributed by atoms with Gasteiger partial charge in [0.2, 0.25) is 0 Å². The quantitative estimate of drug-likeness (QED) is 0.278. The summed E-state index contributed by atoms with van der Waals surface area (Å²) in [6.07, 6.45) is 6.07. The lowest BCUT2D eigenvalue weighted by Gasteiger charge is -2.20. The van der Waals surface area contributed by atoms with Crippen LogP contribution in [0.15, 0.2) is 84.4 Å². The monoisotopic (exact) mass is 384 g/mol. The number of rotatable bonds is 6. The van der Waals surface area contributed by atoms with E-state index in [0.29, 0.717) is 12.1 Å². The van der Waals surface area contributed by atoms with Gasteiger partial charge in [-0.05, 0) is 41.5 Å². The average molecular weight is 384 g/mol. The number of nitrogens with zero attached hydrogens (tertiary/aromatic N) is 3. The van der Waals surface area contributed by atoms with Gasteiger partial charge in [0.25, 0.3) is 0 Å². The number of pyridine rings is 1. The first-order valence-electron chi connectivity index (χ1n) is 9.62. The number of H-pyrrole nitrogens is 1. The molecule has 0 radical (unpaired) electrons. The Morgan fingerprint density at radius 1 is 1.03 bits per heavy atom. The van der Waals surface area contributed by atoms with Crippen molar-refractivity contribution in [2.45, 2.75) is 12.3 Å². The van der Waals surface area contributed by atoms with Gasteiger partial charge in [-0.3, -0.25) is 4.98 Å². The second kappa shape index (κ2) is 8.19. The maximum absolute atomic E-state index is 9.76. The van der Waals surface area contributed by atoms with Gasteiger partial charge in [0.05, 0.1) is 5.71 Å². The van der Waals surface area contributed by atoms with Crippen LogP contribution in [0.4, 0.5) is 5.69 Å². The van der Waals surface area contributed by atoms with Crippen molar-refractivity contribution in [1.82, 2.24) is 9.97 Å². The first kappa shape index (κ1) is 18.7. The minimum Gasteiger partial charge on any atom is -0.411 e. The van der Waals surface area contributed by atoms with Crippen molar-refractivity contribution in [1.29, 1.82) is 0 Å². The molecule has 0 saturated carbocycles. The Kier molecular flexibility index (Phi) is 5.29. The molecular formula is C24H24N4O. The van der Waals surface area contributed by atoms with Gasteiger partial charge in [0.1, 0.15) is 0 Å². The molecule has 1 unspecified atom stereocenters. The van der Waals surface area contributed by atoms with Gasteiger partial charge in [-0.1, -0.05) is 35.5 Å². The van der Waals surface area contributed by atoms with Crippen molar-refractivity contribution < 1.29 is 5.21 Å². The van der Waals surface area contributed by atoms with Crippen molar-refractivity contribution in [3.05, 3.63) is 95.9 Å². The van der Waals surface area contributed by atoms with Crippen LogP contribution in [0, 0.1) is 0 Å². The van der Waals surface area contributed by atoms with E-state index in [0.717, 1.165) is 16.8 Å². The third-order valence-electron chi connectivity index (χ3n) is 5.34. The summed E-state index contributed by atoms with van der Waals surface area (Å²) in [6.45, 7) is 0. The first-order chi connectivity index (χ1) is 14.2. The molecule has 0 spiro atoms. The molecule has 146 valence electrons. The van der Waals surface area contributed by atoms with E-state index in [4.69, 9.17) is 0 Å². The topological polar surface area (TPSA) is 64.5 Å². The smallest absolute Gasteiger partial charge is 0.0878 e. The molecule has 0 amide bonds. The SMILES string of the molecule is CN(C)c1ccc(C(C/C(=N/O)c2ccncc2)c2c[nH]c3ccccc23)cc1. The molecule has 2 N–H and O–H groups in total. The summed E-state index contributed by atoms with van der Waals surface area (Å²) < 4.78 is 0. The number of hydrogen-bond donors (Lipinski definition) is 2. The number of anilines is 1. The Bertz CT molecular complexity index is 1110. The van der Waals surface area contributed by atoms with Crippen LogP contribution in [-0.2, 0) is 0 Å². The van der Waals surface area contributed by atoms with Gasteiger partial charge in [-0.2, -0.15) is 0 Å². The van der Waals surface area contributed by atoms with Crippen molar-refractivity contribution in [2.75, 3.05) is 19.0 Å². The van der Waals surface area contributed by atoms with Crippen molar-refractivity contribution in [3.63, 3.8) is 0 Å². The maximum atomic E-state index is 9.76. The van der Waals surface area contributed by atoms with Crippen molar-refractivity contribution in [2.24, 2.45) is 5.16 Å². The lowest BCUT2D eigenvalue weighted by Crippen LogP contribution is -2.11. The Labute approximate surface area is 170 Å². The molecule has 0 aliphatic heterocycles. The highest BCUT2D eigenvalue weighted by atomic mass is 16.4. The summed E-state index contributed by atoms with van der Waals surface area (Å²) in [4.78, 5) is 9.53. The second-order valence-corrected chi connectivity index (χ2v) is 7.31. The van der Waals surface area contributed by atoms with E-state index < -0.39 is 0 Å². The van der Waals surface area contributed by atoms with Gasteiger partial charge >= 0.3 is 0 Å². The van der Waals surface area contributed by atoms with Gasteiger partial charge in [-0.25, -0.2) is 0 Å². The summed E-state index contributed by atoms with van der Waals surface area (Å²) in [5.41, 5.74) is 6.13. The molecule has 2 aromatic carbocycles. The number of aromatic nitrogens is 2. The Morgan fingerprint density at radius 3 is 2.45 bits per heavy atom. The summed E-state index contributed by atoms with van der Waals surface area (Å²) in [6, 6.07) is 20.6. The van der Waals surface area contributed by atoms with Crippen LogP contribution in [0.25, 0.3) is 10.9 Å². The van der Waals surface area contributed by atoms with Crippen LogP contribution in [0.5, 0.6) is 0 Å². The Hall–Kier alpha value is -3.60. The fourth-order valence-electron chi connectivity index (χ4n) is 3.75. The third-order valence-corrected chi connectivity index (χ3v) is 5.34. The van der Waals surface area contributed by atoms with Gasteiger partial charge in [-0.15, -0.1) is 0 Å². The van der Waals surface area contributed by atoms with E-state index in [9.17, 15) is 5.21 Å². The van der Waals surface area contributed by atoms with Crippen LogP contribution in [0.1, 0.15) is 29.0 Å². The molecule has 2 aromatic heterocycles. The highest BCUT2D eigenvalue weighted by molar-refractivity contribution is 6.01. The summed E-state index contributed by atoms with van der Waals surface area (Å²) in [7, 11) is 4.07. The third kappa shape index (κ3) is 3.85. The zero-order chi connectivity index (χ0) is 20.2. The van der Waals surface area contributed by atoms with Crippen molar-refractivity contribution in [3.8, 4) is 0 Å².